The van der Waals surface area contributed by atoms with Gasteiger partial charge in [-0.3, -0.25) is 0 Å². The molecule has 2 aromatic carbocycles. The molecule has 4 heteroatoms. The van der Waals surface area contributed by atoms with E-state index in [1.165, 1.54) is 5.56 Å². The second-order valence-corrected chi connectivity index (χ2v) is 7.42. The molecule has 2 atom stereocenters. The van der Waals surface area contributed by atoms with Crippen LogP contribution < -0.4 is 9.47 Å². The van der Waals surface area contributed by atoms with Crippen LogP contribution in [0.4, 0.5) is 0 Å². The number of hydrogen-bond acceptors (Lipinski definition) is 4. The number of methoxy groups -OCH3 is 2. The van der Waals surface area contributed by atoms with Crippen molar-refractivity contribution in [1.29, 1.82) is 0 Å². The van der Waals surface area contributed by atoms with E-state index < -0.39 is 5.60 Å². The topological polar surface area (TPSA) is 38.7 Å². The molecule has 0 radical (unpaired) electrons. The normalized spacial score (nSPS) is 22.0. The van der Waals surface area contributed by atoms with Crippen LogP contribution in [0.3, 0.4) is 0 Å². The van der Waals surface area contributed by atoms with Crippen LogP contribution in [0, 0.1) is 19.3 Å². The molecule has 3 rings (SSSR count). The van der Waals surface area contributed by atoms with Gasteiger partial charge >= 0.3 is 0 Å². The van der Waals surface area contributed by atoms with E-state index in [1.807, 2.05) is 12.1 Å². The fourth-order valence-electron chi connectivity index (χ4n) is 3.28. The van der Waals surface area contributed by atoms with E-state index in [0.29, 0.717) is 12.8 Å². The highest BCUT2D eigenvalue weighted by Gasteiger charge is 2.44. The number of ether oxygens (including phenoxy) is 2. The average molecular weight is 354 g/mol. The number of thioether (sulfide) groups is 1. The number of terminal acetylenes is 1. The van der Waals surface area contributed by atoms with Gasteiger partial charge in [0.25, 0.3) is 0 Å². The molecule has 0 heterocycles. The summed E-state index contributed by atoms with van der Waals surface area (Å²) in [7, 11) is 3.30. The molecule has 1 aliphatic carbocycles. The van der Waals surface area contributed by atoms with Crippen molar-refractivity contribution in [3.05, 3.63) is 53.1 Å². The molecule has 0 spiro atoms. The Balaban J connectivity index is 2.13. The van der Waals surface area contributed by atoms with Crippen molar-refractivity contribution >= 4 is 11.8 Å². The Morgan fingerprint density at radius 2 is 1.76 bits per heavy atom. The van der Waals surface area contributed by atoms with Gasteiger partial charge in [0.2, 0.25) is 0 Å². The van der Waals surface area contributed by atoms with Crippen LogP contribution in [0.1, 0.15) is 28.4 Å². The summed E-state index contributed by atoms with van der Waals surface area (Å²) in [6.45, 7) is 2.05. The third-order valence-corrected chi connectivity index (χ3v) is 6.10. The Kier molecular flexibility index (Phi) is 4.99. The predicted octanol–water partition coefficient (Wildman–Crippen LogP) is 4.16. The third-order valence-electron chi connectivity index (χ3n) is 4.69. The molecule has 0 amide bonds. The Labute approximate surface area is 153 Å². The minimum atomic E-state index is -1.23. The molecule has 0 saturated carbocycles. The quantitative estimate of drug-likeness (QED) is 0.837. The SMILES string of the molecule is C#C[C@@]1(O)CCc2c(OC)ccc(OC)c2[C@@H]1Sc1ccc(C)cc1. The smallest absolute Gasteiger partial charge is 0.141 e. The van der Waals surface area contributed by atoms with Crippen LogP contribution in [0.2, 0.25) is 0 Å². The molecule has 25 heavy (non-hydrogen) atoms. The van der Waals surface area contributed by atoms with Gasteiger partial charge in [-0.25, -0.2) is 0 Å². The largest absolute Gasteiger partial charge is 0.496 e. The molecular formula is C21H22O3S. The lowest BCUT2D eigenvalue weighted by Crippen LogP contribution is -2.37. The molecule has 1 N–H and O–H groups in total. The van der Waals surface area contributed by atoms with Gasteiger partial charge in [-0.05, 0) is 44.0 Å². The summed E-state index contributed by atoms with van der Waals surface area (Å²) in [5.74, 6) is 4.17. The first-order chi connectivity index (χ1) is 12.0. The van der Waals surface area contributed by atoms with Crippen LogP contribution >= 0.6 is 11.8 Å². The maximum atomic E-state index is 11.1. The van der Waals surface area contributed by atoms with Crippen LogP contribution in [0.15, 0.2) is 41.3 Å². The Morgan fingerprint density at radius 1 is 1.12 bits per heavy atom. The van der Waals surface area contributed by atoms with Crippen LogP contribution in [0.5, 0.6) is 11.5 Å². The highest BCUT2D eigenvalue weighted by molar-refractivity contribution is 7.99. The van der Waals surface area contributed by atoms with Crippen molar-refractivity contribution in [1.82, 2.24) is 0 Å². The van der Waals surface area contributed by atoms with Crippen molar-refractivity contribution in [2.45, 2.75) is 35.5 Å². The Bertz CT molecular complexity index is 807. The number of aliphatic hydroxyl groups is 1. The van der Waals surface area contributed by atoms with Gasteiger partial charge in [-0.15, -0.1) is 18.2 Å². The maximum absolute atomic E-state index is 11.1. The van der Waals surface area contributed by atoms with Gasteiger partial charge in [0.1, 0.15) is 17.1 Å². The van der Waals surface area contributed by atoms with Gasteiger partial charge in [0, 0.05) is 16.0 Å². The molecule has 2 aromatic rings. The highest BCUT2D eigenvalue weighted by atomic mass is 32.2. The fourth-order valence-corrected chi connectivity index (χ4v) is 4.60. The molecule has 0 aromatic heterocycles. The van der Waals surface area contributed by atoms with E-state index in [9.17, 15) is 5.11 Å². The van der Waals surface area contributed by atoms with Crippen molar-refractivity contribution in [3.8, 4) is 23.8 Å². The summed E-state index contributed by atoms with van der Waals surface area (Å²) in [6, 6.07) is 12.0. The van der Waals surface area contributed by atoms with E-state index in [2.05, 4.69) is 37.1 Å². The number of hydrogen-bond donors (Lipinski definition) is 1. The predicted molar refractivity (Wildman–Crippen MR) is 101 cm³/mol. The average Bonchev–Trinajstić information content (AvgIpc) is 2.64. The van der Waals surface area contributed by atoms with Gasteiger partial charge in [-0.2, -0.15) is 0 Å². The van der Waals surface area contributed by atoms with Gasteiger partial charge in [0.05, 0.1) is 19.5 Å². The van der Waals surface area contributed by atoms with E-state index in [0.717, 1.165) is 27.5 Å². The summed E-state index contributed by atoms with van der Waals surface area (Å²) in [4.78, 5) is 1.06. The van der Waals surface area contributed by atoms with Gasteiger partial charge in [0.15, 0.2) is 0 Å². The second kappa shape index (κ2) is 7.03. The zero-order valence-electron chi connectivity index (χ0n) is 14.7. The lowest BCUT2D eigenvalue weighted by atomic mass is 9.79. The van der Waals surface area contributed by atoms with Crippen molar-refractivity contribution in [2.75, 3.05) is 14.2 Å². The molecule has 0 fully saturated rings. The molecule has 130 valence electrons. The summed E-state index contributed by atoms with van der Waals surface area (Å²) in [6.07, 6.45) is 6.88. The summed E-state index contributed by atoms with van der Waals surface area (Å²) in [5, 5.41) is 10.8. The minimum Gasteiger partial charge on any atom is -0.496 e. The number of benzene rings is 2. The first-order valence-electron chi connectivity index (χ1n) is 8.19. The molecular weight excluding hydrogens is 332 g/mol. The van der Waals surface area contributed by atoms with Gasteiger partial charge < -0.3 is 14.6 Å². The molecule has 0 saturated heterocycles. The maximum Gasteiger partial charge on any atom is 0.141 e. The highest BCUT2D eigenvalue weighted by Crippen LogP contribution is 2.53. The number of fused-ring (bicyclic) bond motifs is 1. The molecule has 0 unspecified atom stereocenters. The monoisotopic (exact) mass is 354 g/mol. The molecule has 0 aliphatic heterocycles. The van der Waals surface area contributed by atoms with E-state index in [1.54, 1.807) is 26.0 Å². The molecule has 3 nitrogen and oxygen atoms in total. The van der Waals surface area contributed by atoms with Crippen molar-refractivity contribution in [3.63, 3.8) is 0 Å². The third kappa shape index (κ3) is 3.22. The van der Waals surface area contributed by atoms with Crippen LogP contribution in [-0.4, -0.2) is 24.9 Å². The summed E-state index contributed by atoms with van der Waals surface area (Å²) < 4.78 is 11.1. The number of rotatable bonds is 4. The summed E-state index contributed by atoms with van der Waals surface area (Å²) >= 11 is 1.57. The Morgan fingerprint density at radius 3 is 2.36 bits per heavy atom. The lowest BCUT2D eigenvalue weighted by Gasteiger charge is -2.38. The van der Waals surface area contributed by atoms with Gasteiger partial charge in [-0.1, -0.05) is 23.6 Å². The first kappa shape index (κ1) is 17.7. The summed E-state index contributed by atoms with van der Waals surface area (Å²) in [5.41, 5.74) is 1.95. The molecule has 1 aliphatic rings. The van der Waals surface area contributed by atoms with Crippen molar-refractivity contribution in [2.24, 2.45) is 0 Å². The van der Waals surface area contributed by atoms with Crippen molar-refractivity contribution < 1.29 is 14.6 Å². The van der Waals surface area contributed by atoms with E-state index in [4.69, 9.17) is 15.9 Å². The van der Waals surface area contributed by atoms with Crippen LogP contribution in [-0.2, 0) is 6.42 Å². The zero-order chi connectivity index (χ0) is 18.0. The first-order valence-corrected chi connectivity index (χ1v) is 9.07. The minimum absolute atomic E-state index is 0.325. The number of aryl methyl sites for hydroxylation is 1. The standard InChI is InChI=1S/C21H22O3S/c1-5-21(22)13-12-16-17(23-3)10-11-18(24-4)19(16)20(21)25-15-8-6-14(2)7-9-15/h1,6-11,20,22H,12-13H2,2-4H3/t20-,21+/m0/s1. The van der Waals surface area contributed by atoms with E-state index in [-0.39, 0.29) is 5.25 Å². The van der Waals surface area contributed by atoms with Crippen LogP contribution in [0.25, 0.3) is 0 Å². The molecule has 0 bridgehead atoms. The van der Waals surface area contributed by atoms with E-state index >= 15 is 0 Å². The fraction of sp³-hybridized carbons (Fsp3) is 0.333. The zero-order valence-corrected chi connectivity index (χ0v) is 15.5. The Hall–Kier alpha value is -2.09. The second-order valence-electron chi connectivity index (χ2n) is 6.24. The lowest BCUT2D eigenvalue weighted by molar-refractivity contribution is 0.0816.